The smallest absolute Gasteiger partial charge is 0.329 e. The largest absolute Gasteiger partial charge is 0.499 e. The first-order chi connectivity index (χ1) is 28.2. The Labute approximate surface area is 356 Å². The molecule has 1 aromatic carbocycles. The zero-order chi connectivity index (χ0) is 44.7. The van der Waals surface area contributed by atoms with Gasteiger partial charge >= 0.3 is 5.97 Å². The first-order valence-corrected chi connectivity index (χ1v) is 21.4. The van der Waals surface area contributed by atoms with Gasteiger partial charge in [0.15, 0.2) is 6.10 Å². The molecule has 0 aromatic heterocycles. The van der Waals surface area contributed by atoms with Gasteiger partial charge in [-0.15, -0.1) is 0 Å². The standard InChI is InChI=1S/C45H68N6O9/c1-26(2)36(46-40(53)37(27(3)4)47(9)10)42(55)48(11)38(28(5)6)43(56)49-22-16-20-31(49)41(54)50-23-17-21-32(50)45(58)60-39(29(7)8)44(57)51-33(34(59-12)25-35(51)52)24-30-18-14-13-15-19-30/h13-15,18-19,25-29,31-33,36-39H,16-17,20-24H2,1-12H3,(H,46,53)/t31-,32-,33-,36?,37?,38?,39?/m0/s1. The Bertz CT molecular complexity index is 1750. The van der Waals surface area contributed by atoms with Crippen molar-refractivity contribution >= 4 is 41.4 Å². The van der Waals surface area contributed by atoms with Crippen LogP contribution in [-0.4, -0.2) is 150 Å². The van der Waals surface area contributed by atoms with Crippen molar-refractivity contribution in [3.63, 3.8) is 0 Å². The molecular formula is C45H68N6O9. The van der Waals surface area contributed by atoms with E-state index < -0.39 is 77.9 Å². The second-order valence-corrected chi connectivity index (χ2v) is 18.0. The molecule has 0 saturated carbocycles. The maximum atomic E-state index is 14.5. The zero-order valence-electron chi connectivity index (χ0n) is 37.7. The van der Waals surface area contributed by atoms with Crippen LogP contribution >= 0.6 is 0 Å². The number of hydrogen-bond donors (Lipinski definition) is 1. The third kappa shape index (κ3) is 10.6. The number of likely N-dealkylation sites (N-methyl/N-ethyl adjacent to an activating group) is 2. The lowest BCUT2D eigenvalue weighted by Gasteiger charge is -2.39. The molecule has 1 aromatic rings. The Kier molecular flexibility index (Phi) is 16.5. The normalized spacial score (nSPS) is 21.4. The van der Waals surface area contributed by atoms with Crippen LogP contribution in [0.1, 0.15) is 86.6 Å². The topological polar surface area (TPSA) is 166 Å². The minimum absolute atomic E-state index is 0.00726. The van der Waals surface area contributed by atoms with Gasteiger partial charge in [-0.05, 0) is 69.0 Å². The zero-order valence-corrected chi connectivity index (χ0v) is 37.7. The lowest BCUT2D eigenvalue weighted by Crippen LogP contribution is -2.61. The minimum atomic E-state index is -1.31. The van der Waals surface area contributed by atoms with Gasteiger partial charge in [0.25, 0.3) is 11.8 Å². The molecule has 4 rings (SSSR count). The van der Waals surface area contributed by atoms with Gasteiger partial charge in [0, 0.05) is 32.6 Å². The van der Waals surface area contributed by atoms with Gasteiger partial charge in [-0.25, -0.2) is 4.79 Å². The third-order valence-corrected chi connectivity index (χ3v) is 11.9. The summed E-state index contributed by atoms with van der Waals surface area (Å²) >= 11 is 0. The van der Waals surface area contributed by atoms with Gasteiger partial charge in [0.1, 0.15) is 36.0 Å². The molecule has 2 saturated heterocycles. The Balaban J connectivity index is 1.50. The average molecular weight is 837 g/mol. The number of nitrogens with one attached hydrogen (secondary N) is 1. The van der Waals surface area contributed by atoms with Crippen molar-refractivity contribution in [1.82, 2.24) is 29.8 Å². The fourth-order valence-electron chi connectivity index (χ4n) is 8.93. The van der Waals surface area contributed by atoms with Gasteiger partial charge < -0.3 is 29.5 Å². The molecule has 4 unspecified atom stereocenters. The number of esters is 1. The molecule has 1 N–H and O–H groups in total. The van der Waals surface area contributed by atoms with E-state index in [4.69, 9.17) is 9.47 Å². The number of benzene rings is 1. The second-order valence-electron chi connectivity index (χ2n) is 18.0. The Hall–Kier alpha value is -4.79. The van der Waals surface area contributed by atoms with Crippen molar-refractivity contribution < 1.29 is 43.0 Å². The fraction of sp³-hybridized carbons (Fsp3) is 0.667. The van der Waals surface area contributed by atoms with E-state index in [-0.39, 0.29) is 36.1 Å². The summed E-state index contributed by atoms with van der Waals surface area (Å²) in [5.74, 6) is -4.24. The van der Waals surface area contributed by atoms with E-state index in [1.54, 1.807) is 20.9 Å². The van der Waals surface area contributed by atoms with Crippen LogP contribution in [-0.2, 0) is 49.5 Å². The van der Waals surface area contributed by atoms with Gasteiger partial charge in [-0.3, -0.25) is 38.6 Å². The summed E-state index contributed by atoms with van der Waals surface area (Å²) in [7, 11) is 6.64. The Morgan fingerprint density at radius 1 is 0.767 bits per heavy atom. The van der Waals surface area contributed by atoms with E-state index >= 15 is 0 Å². The highest BCUT2D eigenvalue weighted by Crippen LogP contribution is 2.30. The van der Waals surface area contributed by atoms with Crippen LogP contribution in [0.2, 0.25) is 0 Å². The molecule has 332 valence electrons. The van der Waals surface area contributed by atoms with Crippen molar-refractivity contribution in [2.45, 2.75) is 130 Å². The van der Waals surface area contributed by atoms with E-state index in [0.29, 0.717) is 44.4 Å². The van der Waals surface area contributed by atoms with Gasteiger partial charge in [-0.1, -0.05) is 85.7 Å². The molecule has 15 heteroatoms. The monoisotopic (exact) mass is 837 g/mol. The summed E-state index contributed by atoms with van der Waals surface area (Å²) in [6.45, 7) is 15.3. The minimum Gasteiger partial charge on any atom is -0.499 e. The van der Waals surface area contributed by atoms with Crippen molar-refractivity contribution in [3.05, 3.63) is 47.7 Å². The molecule has 3 heterocycles. The predicted molar refractivity (Wildman–Crippen MR) is 226 cm³/mol. The van der Waals surface area contributed by atoms with E-state index in [0.717, 1.165) is 10.5 Å². The molecule has 6 amide bonds. The van der Waals surface area contributed by atoms with Crippen molar-refractivity contribution in [2.24, 2.45) is 23.7 Å². The molecule has 2 fully saturated rings. The van der Waals surface area contributed by atoms with Gasteiger partial charge in [0.05, 0.1) is 13.2 Å². The lowest BCUT2D eigenvalue weighted by molar-refractivity contribution is -0.170. The van der Waals surface area contributed by atoms with Crippen LogP contribution in [0.3, 0.4) is 0 Å². The molecule has 3 aliphatic rings. The number of carbonyl (C=O) groups excluding carboxylic acids is 7. The number of amides is 6. The summed E-state index contributed by atoms with van der Waals surface area (Å²) < 4.78 is 11.4. The van der Waals surface area contributed by atoms with Crippen LogP contribution in [0.25, 0.3) is 0 Å². The molecule has 3 aliphatic heterocycles. The number of imide groups is 1. The van der Waals surface area contributed by atoms with Crippen molar-refractivity contribution in [2.75, 3.05) is 41.3 Å². The fourth-order valence-corrected chi connectivity index (χ4v) is 8.93. The number of ether oxygens (including phenoxy) is 2. The molecule has 0 spiro atoms. The van der Waals surface area contributed by atoms with Crippen LogP contribution in [0.15, 0.2) is 42.2 Å². The van der Waals surface area contributed by atoms with Gasteiger partial charge in [0.2, 0.25) is 23.6 Å². The second kappa shape index (κ2) is 20.7. The summed E-state index contributed by atoms with van der Waals surface area (Å²) in [5.41, 5.74) is 0.886. The first kappa shape index (κ1) is 47.9. The molecule has 15 nitrogen and oxygen atoms in total. The quantitative estimate of drug-likeness (QED) is 0.230. The lowest BCUT2D eigenvalue weighted by atomic mass is 9.96. The summed E-state index contributed by atoms with van der Waals surface area (Å²) in [4.78, 5) is 105. The van der Waals surface area contributed by atoms with E-state index in [2.05, 4.69) is 5.32 Å². The van der Waals surface area contributed by atoms with Crippen molar-refractivity contribution in [1.29, 1.82) is 0 Å². The summed E-state index contributed by atoms with van der Waals surface area (Å²) in [5, 5.41) is 2.95. The molecule has 0 aliphatic carbocycles. The van der Waals surface area contributed by atoms with E-state index in [9.17, 15) is 33.6 Å². The SMILES string of the molecule is COC1=CC(=O)N(C(=O)C(OC(=O)[C@@H]2CCCN2C(=O)[C@@H]2CCCN2C(=O)C(C(C)C)N(C)C(=O)C(NC(=O)C(C(C)C)N(C)C)C(C)C)C(C)C)[C@H]1Cc1ccccc1. The number of nitrogens with zero attached hydrogens (tertiary/aromatic N) is 5. The molecule has 7 atom stereocenters. The molecule has 0 radical (unpaired) electrons. The first-order valence-electron chi connectivity index (χ1n) is 21.4. The Morgan fingerprint density at radius 2 is 1.35 bits per heavy atom. The van der Waals surface area contributed by atoms with Crippen LogP contribution in [0.5, 0.6) is 0 Å². The Morgan fingerprint density at radius 3 is 1.88 bits per heavy atom. The number of hydrogen-bond acceptors (Lipinski definition) is 10. The predicted octanol–water partition coefficient (Wildman–Crippen LogP) is 3.26. The van der Waals surface area contributed by atoms with Crippen molar-refractivity contribution in [3.8, 4) is 0 Å². The molecular weight excluding hydrogens is 769 g/mol. The number of carbonyl (C=O) groups is 7. The molecule has 60 heavy (non-hydrogen) atoms. The highest BCUT2D eigenvalue weighted by atomic mass is 16.6. The third-order valence-electron chi connectivity index (χ3n) is 11.9. The number of methoxy groups -OCH3 is 1. The maximum Gasteiger partial charge on any atom is 0.329 e. The average Bonchev–Trinajstić information content (AvgIpc) is 3.94. The highest BCUT2D eigenvalue weighted by Gasteiger charge is 2.48. The number of rotatable bonds is 17. The van der Waals surface area contributed by atoms with Crippen LogP contribution in [0, 0.1) is 23.7 Å². The van der Waals surface area contributed by atoms with Crippen LogP contribution < -0.4 is 5.32 Å². The summed E-state index contributed by atoms with van der Waals surface area (Å²) in [6.07, 6.45) is 2.02. The van der Waals surface area contributed by atoms with Crippen LogP contribution in [0.4, 0.5) is 0 Å². The van der Waals surface area contributed by atoms with Gasteiger partial charge in [-0.2, -0.15) is 0 Å². The van der Waals surface area contributed by atoms with E-state index in [1.807, 2.05) is 90.9 Å². The highest BCUT2D eigenvalue weighted by molar-refractivity contribution is 6.06. The molecule has 0 bridgehead atoms. The maximum absolute atomic E-state index is 14.5. The summed E-state index contributed by atoms with van der Waals surface area (Å²) in [6, 6.07) is 4.52. The van der Waals surface area contributed by atoms with E-state index in [1.165, 1.54) is 27.9 Å². The number of likely N-dealkylation sites (tertiary alicyclic amines) is 2.